The molecule has 1 saturated heterocycles. The molecule has 1 aliphatic heterocycles. The summed E-state index contributed by atoms with van der Waals surface area (Å²) in [6.07, 6.45) is -3.60. The highest BCUT2D eigenvalue weighted by Crippen LogP contribution is 2.28. The Bertz CT molecular complexity index is 648. The quantitative estimate of drug-likeness (QED) is 0.442. The summed E-state index contributed by atoms with van der Waals surface area (Å²) in [5.41, 5.74) is 10.3. The van der Waals surface area contributed by atoms with Crippen molar-refractivity contribution in [1.29, 1.82) is 0 Å². The molecule has 0 unspecified atom stereocenters. The molecular formula is C14H22N4O6. The van der Waals surface area contributed by atoms with E-state index in [0.29, 0.717) is 0 Å². The van der Waals surface area contributed by atoms with Gasteiger partial charge in [-0.15, -0.1) is 0 Å². The van der Waals surface area contributed by atoms with Gasteiger partial charge in [0, 0.05) is 6.20 Å². The number of carbonyl (C=O) groups is 1. The van der Waals surface area contributed by atoms with Crippen molar-refractivity contribution in [3.05, 3.63) is 22.7 Å². The molecule has 0 amide bonds. The average Bonchev–Trinajstić information content (AvgIpc) is 2.80. The van der Waals surface area contributed by atoms with E-state index in [4.69, 9.17) is 20.9 Å². The monoisotopic (exact) mass is 342 g/mol. The minimum atomic E-state index is -1.39. The maximum Gasteiger partial charge on any atom is 0.351 e. The number of nitrogens with zero attached hydrogens (tertiary/aromatic N) is 2. The molecule has 6 N–H and O–H groups in total. The van der Waals surface area contributed by atoms with Crippen molar-refractivity contribution in [2.45, 2.75) is 44.4 Å². The molecule has 2 heterocycles. The first-order chi connectivity index (χ1) is 11.2. The predicted molar refractivity (Wildman–Crippen MR) is 82.6 cm³/mol. The normalized spacial score (nSPS) is 28.1. The molecule has 1 fully saturated rings. The lowest BCUT2D eigenvalue weighted by Gasteiger charge is -2.18. The number of hydrogen-bond donors (Lipinski definition) is 4. The molecule has 0 saturated carbocycles. The van der Waals surface area contributed by atoms with Gasteiger partial charge in [0.05, 0.1) is 0 Å². The molecule has 1 aromatic heterocycles. The summed E-state index contributed by atoms with van der Waals surface area (Å²) < 4.78 is 11.5. The molecule has 0 spiro atoms. The molecule has 1 aromatic rings. The summed E-state index contributed by atoms with van der Waals surface area (Å²) in [7, 11) is 0. The smallest absolute Gasteiger partial charge is 0.351 e. The van der Waals surface area contributed by atoms with E-state index in [1.54, 1.807) is 13.8 Å². The topological polar surface area (TPSA) is 163 Å². The summed E-state index contributed by atoms with van der Waals surface area (Å²) in [6.45, 7) is 3.24. The fourth-order valence-electron chi connectivity index (χ4n) is 2.25. The van der Waals surface area contributed by atoms with E-state index in [1.807, 2.05) is 0 Å². The van der Waals surface area contributed by atoms with Gasteiger partial charge in [-0.25, -0.2) is 4.79 Å². The standard InChI is InChI=1S/C14H22N4O6/c1-6(2)9(16)13(21)23-5-7-10(19)11(20)12(24-7)18-4-3-8(15)17-14(18)22/h3-4,6-7,9-12,19-20H,5,16H2,1-2H3,(H2,15,17,22)/t7-,9+,10-,11-,12-/m1/s1. The number of esters is 1. The Morgan fingerprint density at radius 1 is 1.46 bits per heavy atom. The number of nitrogen functional groups attached to an aromatic ring is 1. The Morgan fingerprint density at radius 3 is 2.71 bits per heavy atom. The van der Waals surface area contributed by atoms with Crippen LogP contribution in [-0.2, 0) is 14.3 Å². The lowest BCUT2D eigenvalue weighted by molar-refractivity contribution is -0.152. The van der Waals surface area contributed by atoms with Crippen molar-refractivity contribution < 1.29 is 24.5 Å². The Morgan fingerprint density at radius 2 is 2.12 bits per heavy atom. The zero-order valence-corrected chi connectivity index (χ0v) is 13.4. The lowest BCUT2D eigenvalue weighted by Crippen LogP contribution is -2.40. The molecule has 5 atom stereocenters. The van der Waals surface area contributed by atoms with Crippen LogP contribution in [0.15, 0.2) is 17.1 Å². The molecule has 0 radical (unpaired) electrons. The summed E-state index contributed by atoms with van der Waals surface area (Å²) in [6, 6.07) is 0.562. The second-order valence-electron chi connectivity index (χ2n) is 5.99. The molecule has 2 rings (SSSR count). The van der Waals surface area contributed by atoms with Crippen LogP contribution < -0.4 is 17.2 Å². The molecule has 10 nitrogen and oxygen atoms in total. The van der Waals surface area contributed by atoms with Gasteiger partial charge < -0.3 is 31.2 Å². The Hall–Kier alpha value is -2.01. The van der Waals surface area contributed by atoms with Gasteiger partial charge in [0.2, 0.25) is 0 Å². The van der Waals surface area contributed by atoms with Crippen LogP contribution >= 0.6 is 0 Å². The molecule has 24 heavy (non-hydrogen) atoms. The predicted octanol–water partition coefficient (Wildman–Crippen LogP) is -2.03. The number of anilines is 1. The van der Waals surface area contributed by atoms with E-state index in [0.717, 1.165) is 4.57 Å². The van der Waals surface area contributed by atoms with Crippen LogP contribution in [-0.4, -0.2) is 56.7 Å². The van der Waals surface area contributed by atoms with Crippen molar-refractivity contribution in [3.63, 3.8) is 0 Å². The van der Waals surface area contributed by atoms with E-state index in [2.05, 4.69) is 4.98 Å². The molecule has 0 aliphatic carbocycles. The summed E-state index contributed by atoms with van der Waals surface area (Å²) in [5.74, 6) is -0.716. The van der Waals surface area contributed by atoms with Crippen molar-refractivity contribution in [2.24, 2.45) is 11.7 Å². The Balaban J connectivity index is 2.05. The van der Waals surface area contributed by atoms with Crippen LogP contribution in [0, 0.1) is 5.92 Å². The van der Waals surface area contributed by atoms with Gasteiger partial charge >= 0.3 is 11.7 Å². The minimum absolute atomic E-state index is 0.0254. The van der Waals surface area contributed by atoms with Gasteiger partial charge in [0.25, 0.3) is 0 Å². The van der Waals surface area contributed by atoms with Crippen molar-refractivity contribution in [1.82, 2.24) is 9.55 Å². The van der Waals surface area contributed by atoms with Gasteiger partial charge in [-0.2, -0.15) is 4.98 Å². The Labute approximate surface area is 138 Å². The SMILES string of the molecule is CC(C)[C@H](N)C(=O)OC[C@H]1O[C@@H](n2ccc(N)nc2=O)[C@H](O)[C@@H]1O. The lowest BCUT2D eigenvalue weighted by atomic mass is 10.1. The van der Waals surface area contributed by atoms with Crippen LogP contribution in [0.5, 0.6) is 0 Å². The third-order valence-electron chi connectivity index (χ3n) is 3.84. The van der Waals surface area contributed by atoms with Crippen LogP contribution in [0.4, 0.5) is 5.82 Å². The number of nitrogens with two attached hydrogens (primary N) is 2. The summed E-state index contributed by atoms with van der Waals surface area (Å²) in [5, 5.41) is 20.1. The van der Waals surface area contributed by atoms with Crippen LogP contribution in [0.25, 0.3) is 0 Å². The zero-order chi connectivity index (χ0) is 18.0. The second-order valence-corrected chi connectivity index (χ2v) is 5.99. The minimum Gasteiger partial charge on any atom is -0.462 e. The van der Waals surface area contributed by atoms with Crippen LogP contribution in [0.2, 0.25) is 0 Å². The highest BCUT2D eigenvalue weighted by molar-refractivity contribution is 5.75. The van der Waals surface area contributed by atoms with Crippen molar-refractivity contribution in [2.75, 3.05) is 12.3 Å². The highest BCUT2D eigenvalue weighted by atomic mass is 16.6. The number of aromatic nitrogens is 2. The van der Waals surface area contributed by atoms with E-state index in [1.165, 1.54) is 12.3 Å². The van der Waals surface area contributed by atoms with Gasteiger partial charge in [-0.05, 0) is 12.0 Å². The van der Waals surface area contributed by atoms with E-state index in [9.17, 15) is 19.8 Å². The third kappa shape index (κ3) is 3.73. The molecule has 134 valence electrons. The molecule has 10 heteroatoms. The summed E-state index contributed by atoms with van der Waals surface area (Å²) in [4.78, 5) is 27.1. The maximum absolute atomic E-state index is 11.8. The number of carbonyl (C=O) groups excluding carboxylic acids is 1. The highest BCUT2D eigenvalue weighted by Gasteiger charge is 2.44. The first-order valence-electron chi connectivity index (χ1n) is 7.51. The van der Waals surface area contributed by atoms with Crippen LogP contribution in [0.3, 0.4) is 0 Å². The van der Waals surface area contributed by atoms with Crippen LogP contribution in [0.1, 0.15) is 20.1 Å². The average molecular weight is 342 g/mol. The number of aliphatic hydroxyl groups is 2. The number of hydrogen-bond acceptors (Lipinski definition) is 9. The largest absolute Gasteiger partial charge is 0.462 e. The zero-order valence-electron chi connectivity index (χ0n) is 13.4. The van der Waals surface area contributed by atoms with Crippen molar-refractivity contribution >= 4 is 11.8 Å². The fourth-order valence-corrected chi connectivity index (χ4v) is 2.25. The molecule has 1 aliphatic rings. The molecule has 0 bridgehead atoms. The number of aliphatic hydroxyl groups excluding tert-OH is 2. The second kappa shape index (κ2) is 7.26. The van der Waals surface area contributed by atoms with E-state index in [-0.39, 0.29) is 18.3 Å². The fraction of sp³-hybridized carbons (Fsp3) is 0.643. The van der Waals surface area contributed by atoms with E-state index < -0.39 is 42.2 Å². The molecular weight excluding hydrogens is 320 g/mol. The number of rotatable bonds is 5. The summed E-state index contributed by atoms with van der Waals surface area (Å²) >= 11 is 0. The van der Waals surface area contributed by atoms with Crippen molar-refractivity contribution in [3.8, 4) is 0 Å². The maximum atomic E-state index is 11.8. The van der Waals surface area contributed by atoms with Gasteiger partial charge in [-0.3, -0.25) is 9.36 Å². The Kier molecular flexibility index (Phi) is 5.54. The molecule has 0 aromatic carbocycles. The van der Waals surface area contributed by atoms with Gasteiger partial charge in [0.1, 0.15) is 36.8 Å². The van der Waals surface area contributed by atoms with Gasteiger partial charge in [-0.1, -0.05) is 13.8 Å². The van der Waals surface area contributed by atoms with E-state index >= 15 is 0 Å². The van der Waals surface area contributed by atoms with Gasteiger partial charge in [0.15, 0.2) is 6.23 Å². The third-order valence-corrected chi connectivity index (χ3v) is 3.84. The first-order valence-corrected chi connectivity index (χ1v) is 7.51. The first kappa shape index (κ1) is 18.3. The number of ether oxygens (including phenoxy) is 2.